The molecule has 6 nitrogen and oxygen atoms in total. The van der Waals surface area contributed by atoms with Crippen molar-refractivity contribution in [1.82, 2.24) is 5.32 Å². The van der Waals surface area contributed by atoms with Crippen LogP contribution in [0.1, 0.15) is 24.0 Å². The first-order valence-corrected chi connectivity index (χ1v) is 8.49. The molecule has 158 valence electrons. The van der Waals surface area contributed by atoms with Crippen LogP contribution in [0.3, 0.4) is 0 Å². The summed E-state index contributed by atoms with van der Waals surface area (Å²) in [5.41, 5.74) is -3.82. The fourth-order valence-corrected chi connectivity index (χ4v) is 3.67. The molecule has 1 aromatic carbocycles. The Morgan fingerprint density at radius 2 is 2.00 bits per heavy atom. The number of allylic oxidation sites excluding steroid dienone is 1. The molecule has 0 fully saturated rings. The van der Waals surface area contributed by atoms with Crippen molar-refractivity contribution in [3.05, 3.63) is 46.4 Å². The number of nitriles is 1. The van der Waals surface area contributed by atoms with E-state index in [1.54, 1.807) is 0 Å². The molecule has 0 aliphatic carbocycles. The lowest BCUT2D eigenvalue weighted by Crippen LogP contribution is -2.58. The molecule has 0 spiro atoms. The fourth-order valence-electron chi connectivity index (χ4n) is 3.67. The molecule has 1 aliphatic heterocycles. The van der Waals surface area contributed by atoms with Crippen molar-refractivity contribution in [2.75, 3.05) is 27.4 Å². The summed E-state index contributed by atoms with van der Waals surface area (Å²) in [6, 6.07) is 2.83. The average Bonchev–Trinajstić information content (AvgIpc) is 2.63. The Morgan fingerprint density at radius 3 is 2.48 bits per heavy atom. The third-order valence-corrected chi connectivity index (χ3v) is 5.12. The number of halogens is 4. The first-order chi connectivity index (χ1) is 13.5. The summed E-state index contributed by atoms with van der Waals surface area (Å²) >= 11 is 0. The Bertz CT molecular complexity index is 863. The van der Waals surface area contributed by atoms with Gasteiger partial charge in [-0.25, -0.2) is 4.39 Å². The maximum absolute atomic E-state index is 13.7. The highest BCUT2D eigenvalue weighted by Gasteiger charge is 2.55. The Balaban J connectivity index is 2.90. The second kappa shape index (κ2) is 8.39. The van der Waals surface area contributed by atoms with Crippen molar-refractivity contribution in [3.8, 4) is 6.07 Å². The van der Waals surface area contributed by atoms with E-state index in [4.69, 9.17) is 9.47 Å². The zero-order valence-corrected chi connectivity index (χ0v) is 15.9. The van der Waals surface area contributed by atoms with Gasteiger partial charge in [-0.1, -0.05) is 6.07 Å². The zero-order valence-electron chi connectivity index (χ0n) is 15.9. The van der Waals surface area contributed by atoms with E-state index in [9.17, 15) is 32.7 Å². The summed E-state index contributed by atoms with van der Waals surface area (Å²) in [6.07, 6.45) is -4.96. The van der Waals surface area contributed by atoms with Crippen LogP contribution in [0.15, 0.2) is 29.5 Å². The first-order valence-electron chi connectivity index (χ1n) is 8.49. The van der Waals surface area contributed by atoms with E-state index in [0.29, 0.717) is 6.07 Å². The van der Waals surface area contributed by atoms with E-state index >= 15 is 0 Å². The highest BCUT2D eigenvalue weighted by molar-refractivity contribution is 5.79. The van der Waals surface area contributed by atoms with E-state index in [1.165, 1.54) is 21.1 Å². The molecular weight excluding hydrogens is 396 g/mol. The molecule has 0 aromatic heterocycles. The number of methoxy groups -OCH3 is 2. The monoisotopic (exact) mass is 416 g/mol. The van der Waals surface area contributed by atoms with Crippen molar-refractivity contribution in [2.45, 2.75) is 25.1 Å². The molecule has 0 amide bonds. The Kier molecular flexibility index (Phi) is 6.55. The highest BCUT2D eigenvalue weighted by Crippen LogP contribution is 2.50. The quantitative estimate of drug-likeness (QED) is 0.693. The topological polar surface area (TPSA) is 91.6 Å². The van der Waals surface area contributed by atoms with E-state index in [0.717, 1.165) is 12.1 Å². The number of hydrogen-bond donors (Lipinski definition) is 2. The van der Waals surface area contributed by atoms with E-state index in [-0.39, 0.29) is 24.5 Å². The first kappa shape index (κ1) is 22.6. The van der Waals surface area contributed by atoms with Crippen molar-refractivity contribution >= 4 is 5.97 Å². The lowest BCUT2D eigenvalue weighted by atomic mass is 9.62. The van der Waals surface area contributed by atoms with Crippen LogP contribution in [0.25, 0.3) is 0 Å². The van der Waals surface area contributed by atoms with Gasteiger partial charge in [-0.05, 0) is 24.6 Å². The minimum atomic E-state index is -4.96. The smallest absolute Gasteiger partial charge is 0.416 e. The maximum atomic E-state index is 13.7. The number of hydrogen-bond acceptors (Lipinski definition) is 5. The lowest BCUT2D eigenvalue weighted by Gasteiger charge is -2.46. The predicted molar refractivity (Wildman–Crippen MR) is 93.2 cm³/mol. The van der Waals surface area contributed by atoms with Gasteiger partial charge in [-0.15, -0.1) is 0 Å². The molecule has 1 aliphatic rings. The largest absolute Gasteiger partial charge is 0.481 e. The van der Waals surface area contributed by atoms with Crippen LogP contribution in [0.4, 0.5) is 17.6 Å². The van der Waals surface area contributed by atoms with E-state index in [2.05, 4.69) is 5.32 Å². The number of alkyl halides is 3. The van der Waals surface area contributed by atoms with Crippen LogP contribution >= 0.6 is 0 Å². The Labute approximate surface area is 164 Å². The number of nitrogens with zero attached hydrogens (tertiary/aromatic N) is 1. The minimum absolute atomic E-state index is 0.151. The molecule has 0 radical (unpaired) electrons. The van der Waals surface area contributed by atoms with Gasteiger partial charge in [0.25, 0.3) is 0 Å². The average molecular weight is 416 g/mol. The summed E-state index contributed by atoms with van der Waals surface area (Å²) in [7, 11) is 2.64. The zero-order chi connectivity index (χ0) is 22.0. The van der Waals surface area contributed by atoms with Gasteiger partial charge in [0.05, 0.1) is 47.6 Å². The molecule has 29 heavy (non-hydrogen) atoms. The third-order valence-electron chi connectivity index (χ3n) is 5.12. The molecule has 1 heterocycles. The van der Waals surface area contributed by atoms with Crippen molar-refractivity contribution < 1.29 is 36.9 Å². The van der Waals surface area contributed by atoms with Crippen LogP contribution in [0.2, 0.25) is 0 Å². The standard InChI is InChI=1S/C19H20F4N2O4/c1-18(17(26)27)15(9-29-3)25-14(8-28-2)12(7-24)16(18)11-5-4-10(20)6-13(11)19(21,22)23/h4-6,15-16,25H,8-9H2,1-3H3,(H,26,27). The molecule has 0 saturated heterocycles. The molecule has 1 aromatic rings. The number of aliphatic carboxylic acids is 1. The van der Waals surface area contributed by atoms with Gasteiger partial charge in [-0.2, -0.15) is 18.4 Å². The minimum Gasteiger partial charge on any atom is -0.481 e. The van der Waals surface area contributed by atoms with Crippen molar-refractivity contribution in [2.24, 2.45) is 5.41 Å². The van der Waals surface area contributed by atoms with Gasteiger partial charge in [0.2, 0.25) is 0 Å². The van der Waals surface area contributed by atoms with Crippen molar-refractivity contribution in [3.63, 3.8) is 0 Å². The van der Waals surface area contributed by atoms with Crippen molar-refractivity contribution in [1.29, 1.82) is 5.26 Å². The highest BCUT2D eigenvalue weighted by atomic mass is 19.4. The number of rotatable bonds is 6. The van der Waals surface area contributed by atoms with Gasteiger partial charge in [-0.3, -0.25) is 4.79 Å². The van der Waals surface area contributed by atoms with Crippen LogP contribution < -0.4 is 5.32 Å². The number of carboxylic acids is 1. The summed E-state index contributed by atoms with van der Waals surface area (Å²) in [5.74, 6) is -4.08. The molecule has 0 saturated carbocycles. The van der Waals surface area contributed by atoms with Crippen LogP contribution in [-0.2, 0) is 20.4 Å². The predicted octanol–water partition coefficient (Wildman–Crippen LogP) is 3.06. The number of carbonyl (C=O) groups is 1. The van der Waals surface area contributed by atoms with Gasteiger partial charge in [0, 0.05) is 20.1 Å². The normalized spacial score (nSPS) is 24.8. The number of benzene rings is 1. The molecule has 3 atom stereocenters. The van der Waals surface area contributed by atoms with Gasteiger partial charge < -0.3 is 19.9 Å². The van der Waals surface area contributed by atoms with Crippen LogP contribution in [0, 0.1) is 22.6 Å². The molecule has 0 bridgehead atoms. The Morgan fingerprint density at radius 1 is 1.34 bits per heavy atom. The van der Waals surface area contributed by atoms with Crippen LogP contribution in [0.5, 0.6) is 0 Å². The SMILES string of the molecule is COCC1=C(C#N)C(c2ccc(F)cc2C(F)(F)F)C(C)(C(=O)O)C(COC)N1. The van der Waals surface area contributed by atoms with E-state index < -0.39 is 46.5 Å². The second-order valence-corrected chi connectivity index (χ2v) is 6.84. The molecular formula is C19H20F4N2O4. The molecule has 2 N–H and O–H groups in total. The van der Waals surface area contributed by atoms with Gasteiger partial charge >= 0.3 is 12.1 Å². The fraction of sp³-hybridized carbons (Fsp3) is 0.474. The summed E-state index contributed by atoms with van der Waals surface area (Å²) in [6.45, 7) is 0.923. The number of carboxylic acid groups (broad SMARTS) is 1. The van der Waals surface area contributed by atoms with Gasteiger partial charge in [0.15, 0.2) is 0 Å². The molecule has 3 unspecified atom stereocenters. The second-order valence-electron chi connectivity index (χ2n) is 6.84. The summed E-state index contributed by atoms with van der Waals surface area (Å²) in [4.78, 5) is 12.3. The molecule has 10 heteroatoms. The Hall–Kier alpha value is -2.64. The maximum Gasteiger partial charge on any atom is 0.416 e. The summed E-state index contributed by atoms with van der Waals surface area (Å²) < 4.78 is 64.8. The molecule has 2 rings (SSSR count). The number of nitrogens with one attached hydrogen (secondary N) is 1. The number of ether oxygens (including phenoxy) is 2. The van der Waals surface area contributed by atoms with Crippen LogP contribution in [-0.4, -0.2) is 44.6 Å². The van der Waals surface area contributed by atoms with E-state index in [1.807, 2.05) is 6.07 Å². The lowest BCUT2D eigenvalue weighted by molar-refractivity contribution is -0.153. The van der Waals surface area contributed by atoms with Gasteiger partial charge in [0.1, 0.15) is 5.82 Å². The summed E-state index contributed by atoms with van der Waals surface area (Å²) in [5, 5.41) is 22.6. The third kappa shape index (κ3) is 4.06.